The average Bonchev–Trinajstić information content (AvgIpc) is 2.70. The van der Waals surface area contributed by atoms with Gasteiger partial charge in [0.15, 0.2) is 11.5 Å². The lowest BCUT2D eigenvalue weighted by Gasteiger charge is -2.19. The minimum absolute atomic E-state index is 0.238. The lowest BCUT2D eigenvalue weighted by Crippen LogP contribution is -2.15. The van der Waals surface area contributed by atoms with E-state index >= 15 is 0 Å². The Morgan fingerprint density at radius 3 is 2.41 bits per heavy atom. The largest absolute Gasteiger partial charge is 0.486 e. The number of aromatic nitrogens is 1. The lowest BCUT2D eigenvalue weighted by molar-refractivity contribution is 0.102. The summed E-state index contributed by atoms with van der Waals surface area (Å²) in [6, 6.07) is 14.5. The predicted octanol–water partition coefficient (Wildman–Crippen LogP) is 3.99. The molecule has 0 saturated carbocycles. The number of rotatable bonds is 4. The molecule has 2 aromatic carbocycles. The molecule has 0 aliphatic carbocycles. The molecule has 0 atom stereocenters. The van der Waals surface area contributed by atoms with E-state index in [1.165, 1.54) is 24.3 Å². The summed E-state index contributed by atoms with van der Waals surface area (Å²) in [4.78, 5) is 16.5. The maximum absolute atomic E-state index is 13.0. The Kier molecular flexibility index (Phi) is 4.57. The number of hydrogen-bond acceptors (Lipinski definition) is 5. The molecule has 1 amide bonds. The molecule has 0 bridgehead atoms. The second-order valence-electron chi connectivity index (χ2n) is 5.87. The van der Waals surface area contributed by atoms with Gasteiger partial charge in [-0.25, -0.2) is 4.39 Å². The maximum Gasteiger partial charge on any atom is 0.274 e. The number of ether oxygens (including phenoxy) is 2. The van der Waals surface area contributed by atoms with E-state index < -0.39 is 0 Å². The standard InChI is InChI=1S/C20H16FN3O3/c21-13-1-3-14(4-2-13)24-20(25)17-11-16(7-8-22-17)23-15-5-6-18-19(12-15)27-10-9-26-18/h1-8,11-12H,9-10H2,(H,22,23)(H,24,25). The van der Waals surface area contributed by atoms with Crippen molar-refractivity contribution in [2.24, 2.45) is 0 Å². The number of carbonyl (C=O) groups is 1. The van der Waals surface area contributed by atoms with Gasteiger partial charge in [-0.15, -0.1) is 0 Å². The minimum Gasteiger partial charge on any atom is -0.486 e. The van der Waals surface area contributed by atoms with Crippen LogP contribution in [0.4, 0.5) is 21.5 Å². The summed E-state index contributed by atoms with van der Waals surface area (Å²) in [7, 11) is 0. The zero-order valence-electron chi connectivity index (χ0n) is 14.2. The van der Waals surface area contributed by atoms with Gasteiger partial charge in [-0.2, -0.15) is 0 Å². The molecular weight excluding hydrogens is 349 g/mol. The van der Waals surface area contributed by atoms with Gasteiger partial charge in [-0.05, 0) is 48.5 Å². The Hall–Kier alpha value is -3.61. The van der Waals surface area contributed by atoms with Gasteiger partial charge in [0.05, 0.1) is 0 Å². The normalized spacial score (nSPS) is 12.3. The highest BCUT2D eigenvalue weighted by Crippen LogP contribution is 2.33. The van der Waals surface area contributed by atoms with E-state index in [0.717, 1.165) is 5.69 Å². The first-order chi connectivity index (χ1) is 13.2. The summed E-state index contributed by atoms with van der Waals surface area (Å²) < 4.78 is 24.0. The lowest BCUT2D eigenvalue weighted by atomic mass is 10.2. The molecular formula is C20H16FN3O3. The van der Waals surface area contributed by atoms with Crippen LogP contribution in [0.5, 0.6) is 11.5 Å². The number of nitrogens with zero attached hydrogens (tertiary/aromatic N) is 1. The molecule has 1 aliphatic rings. The number of hydrogen-bond donors (Lipinski definition) is 2. The smallest absolute Gasteiger partial charge is 0.274 e. The van der Waals surface area contributed by atoms with Crippen molar-refractivity contribution in [1.29, 1.82) is 0 Å². The number of anilines is 3. The third-order valence-corrected chi connectivity index (χ3v) is 3.93. The highest BCUT2D eigenvalue weighted by molar-refractivity contribution is 6.03. The molecule has 0 spiro atoms. The van der Waals surface area contributed by atoms with Crippen LogP contribution >= 0.6 is 0 Å². The van der Waals surface area contributed by atoms with Gasteiger partial charge in [-0.1, -0.05) is 0 Å². The summed E-state index contributed by atoms with van der Waals surface area (Å²) in [5, 5.41) is 5.90. The molecule has 1 aliphatic heterocycles. The van der Waals surface area contributed by atoms with Crippen LogP contribution in [0.1, 0.15) is 10.5 Å². The Balaban J connectivity index is 1.48. The van der Waals surface area contributed by atoms with Crippen LogP contribution in [-0.4, -0.2) is 24.1 Å². The van der Waals surface area contributed by atoms with Gasteiger partial charge >= 0.3 is 0 Å². The van der Waals surface area contributed by atoms with Gasteiger partial charge in [0.1, 0.15) is 24.7 Å². The van der Waals surface area contributed by atoms with Gasteiger partial charge in [0.2, 0.25) is 0 Å². The molecule has 0 unspecified atom stereocenters. The average molecular weight is 365 g/mol. The van der Waals surface area contributed by atoms with Gasteiger partial charge in [0, 0.05) is 29.3 Å². The summed E-state index contributed by atoms with van der Waals surface area (Å²) in [6.45, 7) is 1.05. The van der Waals surface area contributed by atoms with Crippen molar-refractivity contribution in [1.82, 2.24) is 4.98 Å². The molecule has 0 saturated heterocycles. The van der Waals surface area contributed by atoms with Crippen LogP contribution in [0.2, 0.25) is 0 Å². The maximum atomic E-state index is 13.0. The van der Waals surface area contributed by atoms with Crippen LogP contribution in [0.3, 0.4) is 0 Å². The van der Waals surface area contributed by atoms with E-state index in [0.29, 0.717) is 36.1 Å². The monoisotopic (exact) mass is 365 g/mol. The second-order valence-corrected chi connectivity index (χ2v) is 5.87. The fraction of sp³-hybridized carbons (Fsp3) is 0.100. The van der Waals surface area contributed by atoms with E-state index in [4.69, 9.17) is 9.47 Å². The number of amides is 1. The number of fused-ring (bicyclic) bond motifs is 1. The van der Waals surface area contributed by atoms with E-state index in [2.05, 4.69) is 15.6 Å². The molecule has 136 valence electrons. The first-order valence-corrected chi connectivity index (χ1v) is 8.37. The van der Waals surface area contributed by atoms with E-state index in [9.17, 15) is 9.18 Å². The van der Waals surface area contributed by atoms with Crippen LogP contribution in [0.15, 0.2) is 60.8 Å². The fourth-order valence-electron chi connectivity index (χ4n) is 2.65. The zero-order chi connectivity index (χ0) is 18.6. The quantitative estimate of drug-likeness (QED) is 0.731. The molecule has 1 aromatic heterocycles. The topological polar surface area (TPSA) is 72.5 Å². The summed E-state index contributed by atoms with van der Waals surface area (Å²) in [5.41, 5.74) is 2.23. The minimum atomic E-state index is -0.382. The first-order valence-electron chi connectivity index (χ1n) is 8.37. The molecule has 7 heteroatoms. The van der Waals surface area contributed by atoms with Gasteiger partial charge in [-0.3, -0.25) is 9.78 Å². The van der Waals surface area contributed by atoms with Crippen LogP contribution in [-0.2, 0) is 0 Å². The fourth-order valence-corrected chi connectivity index (χ4v) is 2.65. The number of nitrogens with one attached hydrogen (secondary N) is 2. The van der Waals surface area contributed by atoms with Crippen molar-refractivity contribution in [2.75, 3.05) is 23.8 Å². The molecule has 2 N–H and O–H groups in total. The number of carbonyl (C=O) groups excluding carboxylic acids is 1. The van der Waals surface area contributed by atoms with Crippen LogP contribution in [0, 0.1) is 5.82 Å². The predicted molar refractivity (Wildman–Crippen MR) is 99.3 cm³/mol. The zero-order valence-corrected chi connectivity index (χ0v) is 14.2. The summed E-state index contributed by atoms with van der Waals surface area (Å²) >= 11 is 0. The highest BCUT2D eigenvalue weighted by atomic mass is 19.1. The third-order valence-electron chi connectivity index (χ3n) is 3.93. The van der Waals surface area contributed by atoms with Crippen molar-refractivity contribution >= 4 is 23.0 Å². The van der Waals surface area contributed by atoms with Gasteiger partial charge in [0.25, 0.3) is 5.91 Å². The van der Waals surface area contributed by atoms with Crippen LogP contribution < -0.4 is 20.1 Å². The third kappa shape index (κ3) is 3.98. The molecule has 0 radical (unpaired) electrons. The van der Waals surface area contributed by atoms with Crippen LogP contribution in [0.25, 0.3) is 0 Å². The van der Waals surface area contributed by atoms with Crippen molar-refractivity contribution in [3.8, 4) is 11.5 Å². The number of benzene rings is 2. The number of pyridine rings is 1. The van der Waals surface area contributed by atoms with E-state index in [1.54, 1.807) is 18.3 Å². The Bertz CT molecular complexity index is 976. The molecule has 4 rings (SSSR count). The van der Waals surface area contributed by atoms with Gasteiger partial charge < -0.3 is 20.1 Å². The van der Waals surface area contributed by atoms with Crippen molar-refractivity contribution in [3.05, 3.63) is 72.3 Å². The molecule has 6 nitrogen and oxygen atoms in total. The molecule has 2 heterocycles. The van der Waals surface area contributed by atoms with Crippen molar-refractivity contribution < 1.29 is 18.7 Å². The van der Waals surface area contributed by atoms with Crippen molar-refractivity contribution in [3.63, 3.8) is 0 Å². The van der Waals surface area contributed by atoms with E-state index in [1.807, 2.05) is 18.2 Å². The summed E-state index contributed by atoms with van der Waals surface area (Å²) in [5.74, 6) is 0.639. The van der Waals surface area contributed by atoms with E-state index in [-0.39, 0.29) is 17.4 Å². The molecule has 27 heavy (non-hydrogen) atoms. The number of halogens is 1. The Labute approximate surface area is 155 Å². The molecule has 3 aromatic rings. The Morgan fingerprint density at radius 2 is 1.59 bits per heavy atom. The first kappa shape index (κ1) is 16.8. The van der Waals surface area contributed by atoms with Crippen molar-refractivity contribution in [2.45, 2.75) is 0 Å². The second kappa shape index (κ2) is 7.33. The summed E-state index contributed by atoms with van der Waals surface area (Å²) in [6.07, 6.45) is 1.54. The highest BCUT2D eigenvalue weighted by Gasteiger charge is 2.13. The Morgan fingerprint density at radius 1 is 0.889 bits per heavy atom. The SMILES string of the molecule is O=C(Nc1ccc(F)cc1)c1cc(Nc2ccc3c(c2)OCCO3)ccn1. The molecule has 0 fully saturated rings.